The van der Waals surface area contributed by atoms with Crippen LogP contribution in [0.15, 0.2) is 0 Å². The monoisotopic (exact) mass is 227 g/mol. The zero-order valence-corrected chi connectivity index (χ0v) is 11.3. The summed E-state index contributed by atoms with van der Waals surface area (Å²) < 4.78 is 5.55. The Balaban J connectivity index is 1.91. The quantitative estimate of drug-likeness (QED) is 0.643. The largest absolute Gasteiger partial charge is 0.380 e. The Hall–Kier alpha value is -0.0800. The van der Waals surface area contributed by atoms with Gasteiger partial charge in [-0.15, -0.1) is 0 Å². The maximum absolute atomic E-state index is 5.55. The summed E-state index contributed by atoms with van der Waals surface area (Å²) in [4.78, 5) is 0. The molecule has 1 rings (SSSR count). The van der Waals surface area contributed by atoms with Gasteiger partial charge in [-0.2, -0.15) is 0 Å². The van der Waals surface area contributed by atoms with E-state index >= 15 is 0 Å². The summed E-state index contributed by atoms with van der Waals surface area (Å²) in [6.07, 6.45) is 7.17. The first-order valence-electron chi connectivity index (χ1n) is 6.99. The minimum Gasteiger partial charge on any atom is -0.380 e. The zero-order chi connectivity index (χ0) is 11.8. The van der Waals surface area contributed by atoms with Gasteiger partial charge in [0.05, 0.1) is 6.61 Å². The SMILES string of the molecule is CC(C)COCCNC(C)CC1CCCC1. The lowest BCUT2D eigenvalue weighted by Gasteiger charge is -2.18. The van der Waals surface area contributed by atoms with E-state index in [1.165, 1.54) is 32.1 Å². The molecule has 0 heterocycles. The van der Waals surface area contributed by atoms with Crippen LogP contribution in [-0.4, -0.2) is 25.8 Å². The van der Waals surface area contributed by atoms with Crippen molar-refractivity contribution < 1.29 is 4.74 Å². The Labute approximate surface area is 101 Å². The molecule has 0 saturated heterocycles. The Morgan fingerprint density at radius 2 is 1.88 bits per heavy atom. The molecular weight excluding hydrogens is 198 g/mol. The van der Waals surface area contributed by atoms with Crippen LogP contribution in [0, 0.1) is 11.8 Å². The molecule has 1 saturated carbocycles. The molecular formula is C14H29NO. The molecule has 0 radical (unpaired) electrons. The second-order valence-electron chi connectivity index (χ2n) is 5.71. The van der Waals surface area contributed by atoms with E-state index < -0.39 is 0 Å². The highest BCUT2D eigenvalue weighted by Crippen LogP contribution is 2.28. The van der Waals surface area contributed by atoms with Gasteiger partial charge in [0.1, 0.15) is 0 Å². The molecule has 96 valence electrons. The Morgan fingerprint density at radius 3 is 2.50 bits per heavy atom. The van der Waals surface area contributed by atoms with Crippen molar-refractivity contribution in [3.63, 3.8) is 0 Å². The predicted molar refractivity (Wildman–Crippen MR) is 69.7 cm³/mol. The molecule has 1 fully saturated rings. The molecule has 1 aliphatic carbocycles. The minimum atomic E-state index is 0.649. The lowest BCUT2D eigenvalue weighted by molar-refractivity contribution is 0.110. The van der Waals surface area contributed by atoms with Gasteiger partial charge in [0.25, 0.3) is 0 Å². The van der Waals surface area contributed by atoms with Crippen LogP contribution >= 0.6 is 0 Å². The topological polar surface area (TPSA) is 21.3 Å². The fourth-order valence-electron chi connectivity index (χ4n) is 2.53. The lowest BCUT2D eigenvalue weighted by Crippen LogP contribution is -2.31. The van der Waals surface area contributed by atoms with Crippen molar-refractivity contribution >= 4 is 0 Å². The molecule has 0 amide bonds. The second kappa shape index (κ2) is 8.08. The minimum absolute atomic E-state index is 0.649. The van der Waals surface area contributed by atoms with E-state index in [-0.39, 0.29) is 0 Å². The fraction of sp³-hybridized carbons (Fsp3) is 1.00. The van der Waals surface area contributed by atoms with Gasteiger partial charge in [0, 0.05) is 19.2 Å². The van der Waals surface area contributed by atoms with Crippen LogP contribution in [0.1, 0.15) is 52.9 Å². The van der Waals surface area contributed by atoms with Crippen molar-refractivity contribution in [2.45, 2.75) is 58.9 Å². The second-order valence-corrected chi connectivity index (χ2v) is 5.71. The summed E-state index contributed by atoms with van der Waals surface area (Å²) >= 11 is 0. The molecule has 1 aliphatic rings. The smallest absolute Gasteiger partial charge is 0.0591 e. The highest BCUT2D eigenvalue weighted by Gasteiger charge is 2.17. The van der Waals surface area contributed by atoms with Crippen molar-refractivity contribution in [1.29, 1.82) is 0 Å². The maximum Gasteiger partial charge on any atom is 0.0591 e. The first kappa shape index (κ1) is 14.0. The van der Waals surface area contributed by atoms with Crippen LogP contribution in [0.2, 0.25) is 0 Å². The third kappa shape index (κ3) is 6.49. The van der Waals surface area contributed by atoms with Crippen LogP contribution in [0.3, 0.4) is 0 Å². The summed E-state index contributed by atoms with van der Waals surface area (Å²) in [5.74, 6) is 1.63. The summed E-state index contributed by atoms with van der Waals surface area (Å²) in [5.41, 5.74) is 0. The van der Waals surface area contributed by atoms with Gasteiger partial charge in [0.2, 0.25) is 0 Å². The number of hydrogen-bond donors (Lipinski definition) is 1. The summed E-state index contributed by atoms with van der Waals surface area (Å²) in [5, 5.41) is 3.56. The van der Waals surface area contributed by atoms with E-state index in [1.807, 2.05) is 0 Å². The van der Waals surface area contributed by atoms with Crippen molar-refractivity contribution in [2.75, 3.05) is 19.8 Å². The molecule has 2 heteroatoms. The van der Waals surface area contributed by atoms with Gasteiger partial charge in [-0.25, -0.2) is 0 Å². The standard InChI is InChI=1S/C14H29NO/c1-12(2)11-16-9-8-15-13(3)10-14-6-4-5-7-14/h12-15H,4-11H2,1-3H3. The third-order valence-corrected chi connectivity index (χ3v) is 3.35. The Bertz CT molecular complexity index is 164. The first-order chi connectivity index (χ1) is 7.68. The van der Waals surface area contributed by atoms with Crippen LogP contribution in [0.25, 0.3) is 0 Å². The average Bonchev–Trinajstić information content (AvgIpc) is 2.69. The number of ether oxygens (including phenoxy) is 1. The lowest BCUT2D eigenvalue weighted by atomic mass is 9.99. The van der Waals surface area contributed by atoms with Gasteiger partial charge in [0.15, 0.2) is 0 Å². The van der Waals surface area contributed by atoms with Crippen molar-refractivity contribution in [2.24, 2.45) is 11.8 Å². The summed E-state index contributed by atoms with van der Waals surface area (Å²) in [6.45, 7) is 9.43. The van der Waals surface area contributed by atoms with Crippen molar-refractivity contribution in [3.05, 3.63) is 0 Å². The molecule has 0 aliphatic heterocycles. The zero-order valence-electron chi connectivity index (χ0n) is 11.3. The van der Waals surface area contributed by atoms with Crippen LogP contribution in [0.5, 0.6) is 0 Å². The van der Waals surface area contributed by atoms with E-state index in [1.54, 1.807) is 0 Å². The third-order valence-electron chi connectivity index (χ3n) is 3.35. The van der Waals surface area contributed by atoms with Gasteiger partial charge in [-0.3, -0.25) is 0 Å². The van der Waals surface area contributed by atoms with Gasteiger partial charge < -0.3 is 10.1 Å². The number of rotatable bonds is 8. The van der Waals surface area contributed by atoms with E-state index in [0.717, 1.165) is 25.7 Å². The Morgan fingerprint density at radius 1 is 1.19 bits per heavy atom. The predicted octanol–water partition coefficient (Wildman–Crippen LogP) is 3.22. The summed E-state index contributed by atoms with van der Waals surface area (Å²) in [6, 6.07) is 0.658. The van der Waals surface area contributed by atoms with Gasteiger partial charge in [-0.05, 0) is 25.2 Å². The molecule has 0 aromatic carbocycles. The average molecular weight is 227 g/mol. The molecule has 2 nitrogen and oxygen atoms in total. The van der Waals surface area contributed by atoms with Gasteiger partial charge >= 0.3 is 0 Å². The highest BCUT2D eigenvalue weighted by atomic mass is 16.5. The van der Waals surface area contributed by atoms with E-state index in [4.69, 9.17) is 4.74 Å². The molecule has 0 spiro atoms. The maximum atomic E-state index is 5.55. The van der Waals surface area contributed by atoms with Crippen molar-refractivity contribution in [1.82, 2.24) is 5.32 Å². The van der Waals surface area contributed by atoms with Crippen LogP contribution < -0.4 is 5.32 Å². The van der Waals surface area contributed by atoms with Crippen LogP contribution in [0.4, 0.5) is 0 Å². The number of nitrogens with one attached hydrogen (secondary N) is 1. The number of hydrogen-bond acceptors (Lipinski definition) is 2. The summed E-state index contributed by atoms with van der Waals surface area (Å²) in [7, 11) is 0. The highest BCUT2D eigenvalue weighted by molar-refractivity contribution is 4.72. The molecule has 1 unspecified atom stereocenters. The first-order valence-corrected chi connectivity index (χ1v) is 6.99. The van der Waals surface area contributed by atoms with E-state index in [0.29, 0.717) is 12.0 Å². The van der Waals surface area contributed by atoms with Crippen LogP contribution in [-0.2, 0) is 4.74 Å². The van der Waals surface area contributed by atoms with E-state index in [9.17, 15) is 0 Å². The molecule has 1 N–H and O–H groups in total. The molecule has 0 aromatic rings. The molecule has 0 aromatic heterocycles. The fourth-order valence-corrected chi connectivity index (χ4v) is 2.53. The molecule has 0 bridgehead atoms. The van der Waals surface area contributed by atoms with E-state index in [2.05, 4.69) is 26.1 Å². The van der Waals surface area contributed by atoms with Gasteiger partial charge in [-0.1, -0.05) is 39.5 Å². The molecule has 1 atom stereocenters. The normalized spacial score (nSPS) is 19.5. The van der Waals surface area contributed by atoms with Crippen molar-refractivity contribution in [3.8, 4) is 0 Å². The molecule has 16 heavy (non-hydrogen) atoms. The Kier molecular flexibility index (Phi) is 7.06.